The average Bonchev–Trinajstić information content (AvgIpc) is 2.67. The smallest absolute Gasteiger partial charge is 0.328 e. The van der Waals surface area contributed by atoms with Crippen LogP contribution in [0.2, 0.25) is 0 Å². The number of aliphatic hydroxyl groups is 2. The van der Waals surface area contributed by atoms with Gasteiger partial charge in [-0.25, -0.2) is 4.79 Å². The van der Waals surface area contributed by atoms with Gasteiger partial charge in [-0.3, -0.25) is 19.1 Å². The van der Waals surface area contributed by atoms with Crippen LogP contribution in [0.5, 0.6) is 0 Å². The molecular weight excluding hydrogens is 378 g/mol. The number of hydrogen-bond donors (Lipinski definition) is 4. The minimum atomic E-state index is -1.31. The second kappa shape index (κ2) is 8.73. The lowest BCUT2D eigenvalue weighted by Gasteiger charge is -2.38. The summed E-state index contributed by atoms with van der Waals surface area (Å²) in [6.45, 7) is 3.41. The Labute approximate surface area is 167 Å². The Morgan fingerprint density at radius 1 is 1.21 bits per heavy atom. The predicted octanol–water partition coefficient (Wildman–Crippen LogP) is -0.998. The van der Waals surface area contributed by atoms with E-state index >= 15 is 0 Å². The maximum atomic E-state index is 12.3. The first kappa shape index (κ1) is 21.0. The molecule has 29 heavy (non-hydrogen) atoms. The van der Waals surface area contributed by atoms with Crippen molar-refractivity contribution in [1.29, 1.82) is 0 Å². The lowest BCUT2D eigenvalue weighted by atomic mass is 9.97. The van der Waals surface area contributed by atoms with Crippen molar-refractivity contribution in [2.24, 2.45) is 0 Å². The minimum Gasteiger partial charge on any atom is -0.388 e. The van der Waals surface area contributed by atoms with Crippen LogP contribution in [-0.2, 0) is 22.5 Å². The van der Waals surface area contributed by atoms with Gasteiger partial charge >= 0.3 is 5.69 Å². The molecule has 2 heterocycles. The Hall–Kier alpha value is -2.75. The van der Waals surface area contributed by atoms with Crippen molar-refractivity contribution < 1.29 is 19.7 Å². The van der Waals surface area contributed by atoms with Crippen molar-refractivity contribution in [3.05, 3.63) is 68.0 Å². The van der Waals surface area contributed by atoms with Gasteiger partial charge in [-0.1, -0.05) is 24.3 Å². The highest BCUT2D eigenvalue weighted by Gasteiger charge is 2.39. The summed E-state index contributed by atoms with van der Waals surface area (Å²) in [5.41, 5.74) is 1.11. The highest BCUT2D eigenvalue weighted by molar-refractivity contribution is 5.79. The number of carbonyl (C=O) groups excluding carboxylic acids is 1. The summed E-state index contributed by atoms with van der Waals surface area (Å²) in [7, 11) is 0. The number of rotatable bonds is 5. The van der Waals surface area contributed by atoms with E-state index in [1.54, 1.807) is 6.92 Å². The monoisotopic (exact) mass is 403 g/mol. The molecule has 0 radical (unpaired) electrons. The van der Waals surface area contributed by atoms with Crippen molar-refractivity contribution >= 4 is 5.91 Å². The number of ether oxygens (including phenoxy) is 1. The standard InChI is InChI=1S/C20H25N3O6/c1-11-5-3-4-6-13(11)7-16(24)21-14-10-29-15(18(26)17(14)25)9-23-8-12(2)19(27)22-20(23)28/h3-6,8,14-15,17-18,25-26H,7,9-10H2,1-2H3,(H,21,24)(H,22,27,28)/t14-,15-,17+,18-/m1/s1. The third-order valence-corrected chi connectivity index (χ3v) is 5.16. The molecule has 1 amide bonds. The van der Waals surface area contributed by atoms with Gasteiger partial charge in [-0.05, 0) is 25.0 Å². The molecular formula is C20H25N3O6. The van der Waals surface area contributed by atoms with Gasteiger partial charge < -0.3 is 20.3 Å². The second-order valence-electron chi connectivity index (χ2n) is 7.35. The number of nitrogens with zero attached hydrogens (tertiary/aromatic N) is 1. The number of carbonyl (C=O) groups is 1. The summed E-state index contributed by atoms with van der Waals surface area (Å²) >= 11 is 0. The number of H-pyrrole nitrogens is 1. The van der Waals surface area contributed by atoms with Gasteiger partial charge in [0.2, 0.25) is 5.91 Å². The quantitative estimate of drug-likeness (QED) is 0.506. The minimum absolute atomic E-state index is 0.0144. The van der Waals surface area contributed by atoms with Crippen LogP contribution in [0.1, 0.15) is 16.7 Å². The van der Waals surface area contributed by atoms with Crippen LogP contribution in [0.15, 0.2) is 40.1 Å². The molecule has 4 N–H and O–H groups in total. The van der Waals surface area contributed by atoms with Gasteiger partial charge in [-0.15, -0.1) is 0 Å². The molecule has 1 saturated heterocycles. The number of aliphatic hydroxyl groups excluding tert-OH is 2. The molecule has 0 bridgehead atoms. The van der Waals surface area contributed by atoms with Crippen molar-refractivity contribution in [3.8, 4) is 0 Å². The Balaban J connectivity index is 1.62. The molecule has 9 nitrogen and oxygen atoms in total. The molecule has 1 aromatic heterocycles. The van der Waals surface area contributed by atoms with E-state index in [2.05, 4.69) is 10.3 Å². The fourth-order valence-electron chi connectivity index (χ4n) is 3.36. The normalized spacial score (nSPS) is 24.3. The van der Waals surface area contributed by atoms with E-state index in [9.17, 15) is 24.6 Å². The zero-order valence-corrected chi connectivity index (χ0v) is 16.3. The van der Waals surface area contributed by atoms with Crippen LogP contribution in [0.25, 0.3) is 0 Å². The average molecular weight is 403 g/mol. The number of aryl methyl sites for hydroxylation is 2. The molecule has 1 aliphatic rings. The first-order valence-electron chi connectivity index (χ1n) is 9.38. The number of amides is 1. The predicted molar refractivity (Wildman–Crippen MR) is 105 cm³/mol. The summed E-state index contributed by atoms with van der Waals surface area (Å²) in [5, 5.41) is 23.5. The topological polar surface area (TPSA) is 134 Å². The SMILES string of the molecule is Cc1ccccc1CC(=O)N[C@@H]1CO[C@H](Cn2cc(C)c(=O)[nH]c2=O)[C@@H](O)[C@H]1O. The van der Waals surface area contributed by atoms with Gasteiger partial charge in [0.1, 0.15) is 18.3 Å². The molecule has 2 aromatic rings. The van der Waals surface area contributed by atoms with Crippen molar-refractivity contribution in [2.45, 2.75) is 51.2 Å². The van der Waals surface area contributed by atoms with E-state index in [-0.39, 0.29) is 25.5 Å². The summed E-state index contributed by atoms with van der Waals surface area (Å²) in [4.78, 5) is 37.9. The van der Waals surface area contributed by atoms with Crippen molar-refractivity contribution in [2.75, 3.05) is 6.61 Å². The van der Waals surface area contributed by atoms with Crippen molar-refractivity contribution in [1.82, 2.24) is 14.9 Å². The Morgan fingerprint density at radius 2 is 1.93 bits per heavy atom. The van der Waals surface area contributed by atoms with Crippen LogP contribution in [0, 0.1) is 13.8 Å². The molecule has 156 valence electrons. The largest absolute Gasteiger partial charge is 0.388 e. The van der Waals surface area contributed by atoms with Crippen LogP contribution < -0.4 is 16.6 Å². The Bertz CT molecular complexity index is 998. The van der Waals surface area contributed by atoms with E-state index < -0.39 is 35.6 Å². The first-order chi connectivity index (χ1) is 13.8. The van der Waals surface area contributed by atoms with E-state index in [4.69, 9.17) is 4.74 Å². The molecule has 0 aliphatic carbocycles. The molecule has 1 fully saturated rings. The zero-order chi connectivity index (χ0) is 21.1. The maximum absolute atomic E-state index is 12.3. The van der Waals surface area contributed by atoms with Crippen molar-refractivity contribution in [3.63, 3.8) is 0 Å². The lowest BCUT2D eigenvalue weighted by Crippen LogP contribution is -2.60. The number of aromatic amines is 1. The first-order valence-corrected chi connectivity index (χ1v) is 9.38. The summed E-state index contributed by atoms with van der Waals surface area (Å²) in [6.07, 6.45) is -1.90. The van der Waals surface area contributed by atoms with Crippen LogP contribution in [-0.4, -0.2) is 56.6 Å². The summed E-state index contributed by atoms with van der Waals surface area (Å²) in [6, 6.07) is 6.74. The van der Waals surface area contributed by atoms with Gasteiger partial charge in [0.05, 0.1) is 25.6 Å². The molecule has 1 aromatic carbocycles. The van der Waals surface area contributed by atoms with E-state index in [0.717, 1.165) is 11.1 Å². The third-order valence-electron chi connectivity index (χ3n) is 5.16. The Kier molecular flexibility index (Phi) is 6.31. The highest BCUT2D eigenvalue weighted by atomic mass is 16.5. The molecule has 9 heteroatoms. The van der Waals surface area contributed by atoms with Gasteiger partial charge in [-0.2, -0.15) is 0 Å². The van der Waals surface area contributed by atoms with E-state index in [0.29, 0.717) is 5.56 Å². The number of benzene rings is 1. The number of nitrogens with one attached hydrogen (secondary N) is 2. The molecule has 0 unspecified atom stereocenters. The molecule has 4 atom stereocenters. The molecule has 0 saturated carbocycles. The van der Waals surface area contributed by atoms with E-state index in [1.807, 2.05) is 31.2 Å². The van der Waals surface area contributed by atoms with E-state index in [1.165, 1.54) is 10.8 Å². The number of aromatic nitrogens is 2. The van der Waals surface area contributed by atoms with Crippen LogP contribution >= 0.6 is 0 Å². The zero-order valence-electron chi connectivity index (χ0n) is 16.3. The molecule has 1 aliphatic heterocycles. The van der Waals surface area contributed by atoms with Crippen LogP contribution in [0.3, 0.4) is 0 Å². The lowest BCUT2D eigenvalue weighted by molar-refractivity contribution is -0.158. The molecule has 0 spiro atoms. The van der Waals surface area contributed by atoms with Gasteiger partial charge in [0.25, 0.3) is 5.56 Å². The maximum Gasteiger partial charge on any atom is 0.328 e. The molecule has 3 rings (SSSR count). The van der Waals surface area contributed by atoms with Gasteiger partial charge in [0, 0.05) is 11.8 Å². The fraction of sp³-hybridized carbons (Fsp3) is 0.450. The Morgan fingerprint density at radius 3 is 2.66 bits per heavy atom. The third kappa shape index (κ3) is 4.81. The van der Waals surface area contributed by atoms with Gasteiger partial charge in [0.15, 0.2) is 0 Å². The van der Waals surface area contributed by atoms with Crippen LogP contribution in [0.4, 0.5) is 0 Å². The number of hydrogen-bond acceptors (Lipinski definition) is 6. The summed E-state index contributed by atoms with van der Waals surface area (Å²) in [5.74, 6) is -0.287. The highest BCUT2D eigenvalue weighted by Crippen LogP contribution is 2.17. The fourth-order valence-corrected chi connectivity index (χ4v) is 3.36. The summed E-state index contributed by atoms with van der Waals surface area (Å²) < 4.78 is 6.82. The second-order valence-corrected chi connectivity index (χ2v) is 7.35.